The van der Waals surface area contributed by atoms with Gasteiger partial charge in [0.2, 0.25) is 5.95 Å². The molecule has 0 unspecified atom stereocenters. The van der Waals surface area contributed by atoms with Gasteiger partial charge in [0, 0.05) is 6.07 Å². The maximum absolute atomic E-state index is 5.76. The van der Waals surface area contributed by atoms with Gasteiger partial charge in [-0.1, -0.05) is 41.9 Å². The molecule has 0 radical (unpaired) electrons. The van der Waals surface area contributed by atoms with Gasteiger partial charge in [0.05, 0.1) is 5.71 Å². The first-order valence-electron chi connectivity index (χ1n) is 5.31. The minimum atomic E-state index is 0.273. The number of halogens is 1. The molecule has 0 bridgehead atoms. The smallest absolute Gasteiger partial charge is 0.246 e. The molecule has 1 aromatic carbocycles. The fraction of sp³-hybridized carbons (Fsp3) is 0.0833. The molecule has 0 aliphatic carbocycles. The molecule has 3 N–H and O–H groups in total. The largest absolute Gasteiger partial charge is 0.383 e. The number of hydrazone groups is 1. The molecule has 1 aromatic heterocycles. The van der Waals surface area contributed by atoms with Crippen LogP contribution in [-0.4, -0.2) is 15.7 Å². The molecule has 2 aromatic rings. The summed E-state index contributed by atoms with van der Waals surface area (Å²) in [6.45, 7) is 1.89. The summed E-state index contributed by atoms with van der Waals surface area (Å²) >= 11 is 5.76. The van der Waals surface area contributed by atoms with Gasteiger partial charge in [-0.2, -0.15) is 15.1 Å². The molecule has 0 aliphatic heterocycles. The molecular formula is C12H12ClN5. The van der Waals surface area contributed by atoms with Crippen LogP contribution < -0.4 is 11.2 Å². The zero-order valence-electron chi connectivity index (χ0n) is 9.76. The lowest BCUT2D eigenvalue weighted by Gasteiger charge is -2.03. The Balaban J connectivity index is 2.15. The van der Waals surface area contributed by atoms with Crippen LogP contribution in [0.3, 0.4) is 0 Å². The predicted molar refractivity (Wildman–Crippen MR) is 73.7 cm³/mol. The fourth-order valence-corrected chi connectivity index (χ4v) is 1.55. The van der Waals surface area contributed by atoms with E-state index in [4.69, 9.17) is 17.3 Å². The highest BCUT2D eigenvalue weighted by Gasteiger charge is 2.00. The van der Waals surface area contributed by atoms with Gasteiger partial charge in [-0.3, -0.25) is 0 Å². The zero-order valence-corrected chi connectivity index (χ0v) is 10.5. The van der Waals surface area contributed by atoms with Crippen molar-refractivity contribution in [1.29, 1.82) is 0 Å². The molecule has 2 rings (SSSR count). The third kappa shape index (κ3) is 3.18. The van der Waals surface area contributed by atoms with E-state index in [0.717, 1.165) is 11.3 Å². The summed E-state index contributed by atoms with van der Waals surface area (Å²) in [6.07, 6.45) is 0. The number of hydrogen-bond donors (Lipinski definition) is 2. The van der Waals surface area contributed by atoms with E-state index in [1.807, 2.05) is 37.3 Å². The van der Waals surface area contributed by atoms with E-state index >= 15 is 0 Å². The third-order valence-electron chi connectivity index (χ3n) is 2.23. The molecule has 0 fully saturated rings. The lowest BCUT2D eigenvalue weighted by molar-refractivity contribution is 1.12. The van der Waals surface area contributed by atoms with Gasteiger partial charge in [0.15, 0.2) is 0 Å². The summed E-state index contributed by atoms with van der Waals surface area (Å²) < 4.78 is 0. The van der Waals surface area contributed by atoms with Crippen molar-refractivity contribution in [2.75, 3.05) is 11.2 Å². The van der Waals surface area contributed by atoms with Gasteiger partial charge in [-0.05, 0) is 12.5 Å². The van der Waals surface area contributed by atoms with E-state index in [-0.39, 0.29) is 11.1 Å². The number of nitrogens with one attached hydrogen (secondary N) is 1. The summed E-state index contributed by atoms with van der Waals surface area (Å²) in [5.74, 6) is 0.570. The molecule has 1 heterocycles. The lowest BCUT2D eigenvalue weighted by Crippen LogP contribution is -2.03. The number of rotatable bonds is 3. The second kappa shape index (κ2) is 5.46. The Morgan fingerprint density at radius 3 is 2.67 bits per heavy atom. The summed E-state index contributed by atoms with van der Waals surface area (Å²) in [7, 11) is 0. The molecule has 92 valence electrons. The minimum absolute atomic E-state index is 0.273. The van der Waals surface area contributed by atoms with Crippen LogP contribution in [0.5, 0.6) is 0 Å². The van der Waals surface area contributed by atoms with Crippen molar-refractivity contribution in [2.24, 2.45) is 5.10 Å². The monoisotopic (exact) mass is 261 g/mol. The second-order valence-electron chi connectivity index (χ2n) is 3.61. The summed E-state index contributed by atoms with van der Waals surface area (Å²) in [5.41, 5.74) is 10.1. The molecule has 0 aliphatic rings. The van der Waals surface area contributed by atoms with Crippen molar-refractivity contribution in [3.05, 3.63) is 47.1 Å². The van der Waals surface area contributed by atoms with E-state index in [1.54, 1.807) is 0 Å². The normalized spacial score (nSPS) is 11.3. The van der Waals surface area contributed by atoms with Crippen molar-refractivity contribution >= 4 is 29.1 Å². The highest BCUT2D eigenvalue weighted by molar-refractivity contribution is 6.29. The van der Waals surface area contributed by atoms with Crippen molar-refractivity contribution in [2.45, 2.75) is 6.92 Å². The number of nitrogen functional groups attached to an aromatic ring is 1. The van der Waals surface area contributed by atoms with E-state index in [0.29, 0.717) is 5.82 Å². The standard InChI is InChI=1S/C12H12ClN5/c1-8(9-5-3-2-4-6-9)17-18-12-15-10(13)7-11(14)16-12/h2-7H,1H3,(H3,14,15,16,18). The van der Waals surface area contributed by atoms with Crippen LogP contribution in [0.15, 0.2) is 41.5 Å². The number of nitrogens with zero attached hydrogens (tertiary/aromatic N) is 3. The average Bonchev–Trinajstić information content (AvgIpc) is 2.36. The van der Waals surface area contributed by atoms with Crippen LogP contribution in [0.1, 0.15) is 12.5 Å². The lowest BCUT2D eigenvalue weighted by atomic mass is 10.1. The zero-order chi connectivity index (χ0) is 13.0. The molecule has 0 spiro atoms. The maximum atomic E-state index is 5.76. The maximum Gasteiger partial charge on any atom is 0.246 e. The quantitative estimate of drug-likeness (QED) is 0.506. The highest BCUT2D eigenvalue weighted by Crippen LogP contribution is 2.11. The van der Waals surface area contributed by atoms with Gasteiger partial charge >= 0.3 is 0 Å². The molecule has 0 saturated heterocycles. The first kappa shape index (κ1) is 12.3. The van der Waals surface area contributed by atoms with Crippen molar-refractivity contribution in [1.82, 2.24) is 9.97 Å². The molecule has 18 heavy (non-hydrogen) atoms. The summed E-state index contributed by atoms with van der Waals surface area (Å²) in [4.78, 5) is 7.92. The SMILES string of the molecule is CC(=NNc1nc(N)cc(Cl)n1)c1ccccc1. The molecule has 0 saturated carbocycles. The summed E-state index contributed by atoms with van der Waals surface area (Å²) in [5, 5.41) is 4.45. The van der Waals surface area contributed by atoms with Gasteiger partial charge in [-0.25, -0.2) is 5.43 Å². The van der Waals surface area contributed by atoms with Crippen LogP contribution >= 0.6 is 11.6 Å². The van der Waals surface area contributed by atoms with Crippen molar-refractivity contribution in [3.63, 3.8) is 0 Å². The highest BCUT2D eigenvalue weighted by atomic mass is 35.5. The van der Waals surface area contributed by atoms with Gasteiger partial charge in [-0.15, -0.1) is 0 Å². The Labute approximate surface area is 110 Å². The number of aromatic nitrogens is 2. The molecule has 0 atom stereocenters. The van der Waals surface area contributed by atoms with E-state index < -0.39 is 0 Å². The molecule has 6 heteroatoms. The van der Waals surface area contributed by atoms with Crippen LogP contribution in [-0.2, 0) is 0 Å². The van der Waals surface area contributed by atoms with Gasteiger partial charge < -0.3 is 5.73 Å². The Bertz CT molecular complexity index is 548. The third-order valence-corrected chi connectivity index (χ3v) is 2.42. The van der Waals surface area contributed by atoms with E-state index in [1.165, 1.54) is 6.07 Å². The Kier molecular flexibility index (Phi) is 3.74. The summed E-state index contributed by atoms with van der Waals surface area (Å²) in [6, 6.07) is 11.2. The van der Waals surface area contributed by atoms with Gasteiger partial charge in [0.1, 0.15) is 11.0 Å². The van der Waals surface area contributed by atoms with E-state index in [9.17, 15) is 0 Å². The molecular weight excluding hydrogens is 250 g/mol. The molecule has 5 nitrogen and oxygen atoms in total. The minimum Gasteiger partial charge on any atom is -0.383 e. The van der Waals surface area contributed by atoms with Crippen molar-refractivity contribution < 1.29 is 0 Å². The number of nitrogens with two attached hydrogens (primary N) is 1. The number of benzene rings is 1. The van der Waals surface area contributed by atoms with Crippen LogP contribution in [0.4, 0.5) is 11.8 Å². The Morgan fingerprint density at radius 2 is 2.00 bits per heavy atom. The first-order chi connectivity index (χ1) is 8.65. The van der Waals surface area contributed by atoms with Crippen LogP contribution in [0.2, 0.25) is 5.15 Å². The van der Waals surface area contributed by atoms with Crippen LogP contribution in [0, 0.1) is 0 Å². The number of anilines is 2. The Hall–Kier alpha value is -2.14. The second-order valence-corrected chi connectivity index (χ2v) is 4.00. The first-order valence-corrected chi connectivity index (χ1v) is 5.69. The van der Waals surface area contributed by atoms with E-state index in [2.05, 4.69) is 20.5 Å². The predicted octanol–water partition coefficient (Wildman–Crippen LogP) is 2.55. The van der Waals surface area contributed by atoms with Crippen molar-refractivity contribution in [3.8, 4) is 0 Å². The average molecular weight is 262 g/mol. The number of hydrogen-bond acceptors (Lipinski definition) is 5. The topological polar surface area (TPSA) is 76.2 Å². The fourth-order valence-electron chi connectivity index (χ4n) is 1.36. The van der Waals surface area contributed by atoms with Crippen LogP contribution in [0.25, 0.3) is 0 Å². The van der Waals surface area contributed by atoms with Gasteiger partial charge in [0.25, 0.3) is 0 Å². The molecule has 0 amide bonds. The Morgan fingerprint density at radius 1 is 1.28 bits per heavy atom.